The first-order valence-corrected chi connectivity index (χ1v) is 10.2. The quantitative estimate of drug-likeness (QED) is 0.654. The van der Waals surface area contributed by atoms with Crippen LogP contribution in [0.15, 0.2) is 54.6 Å². The first-order chi connectivity index (χ1) is 14.1. The van der Waals surface area contributed by atoms with Crippen LogP contribution in [0.5, 0.6) is 0 Å². The van der Waals surface area contributed by atoms with Crippen LogP contribution < -0.4 is 4.90 Å². The van der Waals surface area contributed by atoms with Crippen molar-refractivity contribution in [3.63, 3.8) is 0 Å². The SMILES string of the molecule is Cc1c(C(=O)N(C)C2CCCN(c3ccccc3)C2)nnn1-c1ccccc1Cl. The van der Waals surface area contributed by atoms with Gasteiger partial charge >= 0.3 is 0 Å². The summed E-state index contributed by atoms with van der Waals surface area (Å²) in [5.41, 5.74) is 2.96. The summed E-state index contributed by atoms with van der Waals surface area (Å²) >= 11 is 6.29. The summed E-state index contributed by atoms with van der Waals surface area (Å²) in [4.78, 5) is 17.3. The van der Waals surface area contributed by atoms with E-state index in [2.05, 4.69) is 27.3 Å². The maximum atomic E-state index is 13.2. The average molecular weight is 410 g/mol. The standard InChI is InChI=1S/C22H24ClN5O/c1-16-21(24-25-28(16)20-13-7-6-12-19(20)23)22(29)26(2)18-11-8-14-27(15-18)17-9-4-3-5-10-17/h3-7,9-10,12-13,18H,8,11,14-15H2,1-2H3. The number of nitrogens with zero attached hydrogens (tertiary/aromatic N) is 5. The van der Waals surface area contributed by atoms with Gasteiger partial charge in [0.1, 0.15) is 0 Å². The van der Waals surface area contributed by atoms with Crippen LogP contribution in [0.3, 0.4) is 0 Å². The number of likely N-dealkylation sites (N-methyl/N-ethyl adjacent to an activating group) is 1. The van der Waals surface area contributed by atoms with Gasteiger partial charge in [-0.1, -0.05) is 47.1 Å². The van der Waals surface area contributed by atoms with Gasteiger partial charge in [0.05, 0.1) is 16.4 Å². The highest BCUT2D eigenvalue weighted by Crippen LogP contribution is 2.24. The number of piperidine rings is 1. The molecule has 29 heavy (non-hydrogen) atoms. The van der Waals surface area contributed by atoms with Crippen molar-refractivity contribution in [1.29, 1.82) is 0 Å². The Bertz CT molecular complexity index is 1000. The zero-order valence-electron chi connectivity index (χ0n) is 16.6. The fourth-order valence-electron chi connectivity index (χ4n) is 3.86. The smallest absolute Gasteiger partial charge is 0.276 e. The van der Waals surface area contributed by atoms with Gasteiger partial charge in [0.25, 0.3) is 5.91 Å². The molecule has 1 aliphatic rings. The fourth-order valence-corrected chi connectivity index (χ4v) is 4.07. The Labute approximate surface area is 175 Å². The normalized spacial score (nSPS) is 16.7. The van der Waals surface area contributed by atoms with Gasteiger partial charge < -0.3 is 9.80 Å². The van der Waals surface area contributed by atoms with Gasteiger partial charge in [-0.15, -0.1) is 5.10 Å². The molecule has 0 spiro atoms. The lowest BCUT2D eigenvalue weighted by Crippen LogP contribution is -2.48. The highest BCUT2D eigenvalue weighted by atomic mass is 35.5. The largest absolute Gasteiger partial charge is 0.369 e. The number of rotatable bonds is 4. The molecule has 1 amide bonds. The summed E-state index contributed by atoms with van der Waals surface area (Å²) in [6.45, 7) is 3.66. The molecule has 2 aromatic carbocycles. The van der Waals surface area contributed by atoms with Gasteiger partial charge in [-0.3, -0.25) is 4.79 Å². The van der Waals surface area contributed by atoms with Crippen molar-refractivity contribution in [3.05, 3.63) is 71.0 Å². The van der Waals surface area contributed by atoms with Crippen LogP contribution in [0, 0.1) is 6.92 Å². The number of aromatic nitrogens is 3. The van der Waals surface area contributed by atoms with Crippen molar-refractivity contribution in [1.82, 2.24) is 19.9 Å². The lowest BCUT2D eigenvalue weighted by molar-refractivity contribution is 0.0710. The molecular formula is C22H24ClN5O. The number of anilines is 1. The van der Waals surface area contributed by atoms with Gasteiger partial charge in [-0.05, 0) is 44.0 Å². The second-order valence-electron chi connectivity index (χ2n) is 7.38. The van der Waals surface area contributed by atoms with Gasteiger partial charge in [0.15, 0.2) is 5.69 Å². The lowest BCUT2D eigenvalue weighted by atomic mass is 10.0. The maximum Gasteiger partial charge on any atom is 0.276 e. The minimum Gasteiger partial charge on any atom is -0.369 e. The topological polar surface area (TPSA) is 54.3 Å². The average Bonchev–Trinajstić information content (AvgIpc) is 3.15. The van der Waals surface area contributed by atoms with Crippen molar-refractivity contribution >= 4 is 23.2 Å². The molecule has 7 heteroatoms. The highest BCUT2D eigenvalue weighted by Gasteiger charge is 2.29. The van der Waals surface area contributed by atoms with Crippen molar-refractivity contribution in [3.8, 4) is 5.69 Å². The minimum absolute atomic E-state index is 0.110. The second-order valence-corrected chi connectivity index (χ2v) is 7.79. The Kier molecular flexibility index (Phi) is 5.53. The third-order valence-corrected chi connectivity index (χ3v) is 5.88. The summed E-state index contributed by atoms with van der Waals surface area (Å²) in [7, 11) is 1.86. The fraction of sp³-hybridized carbons (Fsp3) is 0.318. The molecule has 1 saturated heterocycles. The molecule has 4 rings (SSSR count). The highest BCUT2D eigenvalue weighted by molar-refractivity contribution is 6.32. The number of halogens is 1. The predicted molar refractivity (Wildman–Crippen MR) is 115 cm³/mol. The molecule has 150 valence electrons. The van der Waals surface area contributed by atoms with Crippen LogP contribution in [-0.4, -0.2) is 52.0 Å². The molecular weight excluding hydrogens is 386 g/mol. The Morgan fingerprint density at radius 2 is 1.86 bits per heavy atom. The van der Waals surface area contributed by atoms with E-state index >= 15 is 0 Å². The number of carbonyl (C=O) groups excluding carboxylic acids is 1. The number of hydrogen-bond acceptors (Lipinski definition) is 4. The molecule has 2 heterocycles. The van der Waals surface area contributed by atoms with E-state index in [9.17, 15) is 4.79 Å². The summed E-state index contributed by atoms with van der Waals surface area (Å²) in [5.74, 6) is -0.110. The molecule has 3 aromatic rings. The number of hydrogen-bond donors (Lipinski definition) is 0. The van der Waals surface area contributed by atoms with Gasteiger partial charge in [0.2, 0.25) is 0 Å². The Hall–Kier alpha value is -2.86. The van der Waals surface area contributed by atoms with E-state index in [0.29, 0.717) is 22.1 Å². The number of para-hydroxylation sites is 2. The summed E-state index contributed by atoms with van der Waals surface area (Å²) in [6.07, 6.45) is 2.02. The summed E-state index contributed by atoms with van der Waals surface area (Å²) < 4.78 is 1.63. The van der Waals surface area contributed by atoms with Gasteiger partial charge in [0, 0.05) is 31.9 Å². The zero-order chi connectivity index (χ0) is 20.4. The first kappa shape index (κ1) is 19.5. The summed E-state index contributed by atoms with van der Waals surface area (Å²) in [6, 6.07) is 17.9. The van der Waals surface area contributed by atoms with Gasteiger partial charge in [-0.2, -0.15) is 0 Å². The van der Waals surface area contributed by atoms with Crippen LogP contribution in [0.25, 0.3) is 5.69 Å². The van der Waals surface area contributed by atoms with Crippen LogP contribution >= 0.6 is 11.6 Å². The first-order valence-electron chi connectivity index (χ1n) is 9.80. The lowest BCUT2D eigenvalue weighted by Gasteiger charge is -2.38. The minimum atomic E-state index is -0.110. The molecule has 1 unspecified atom stereocenters. The molecule has 1 fully saturated rings. The van der Waals surface area contributed by atoms with Crippen molar-refractivity contribution in [2.45, 2.75) is 25.8 Å². The van der Waals surface area contributed by atoms with Crippen molar-refractivity contribution in [2.24, 2.45) is 0 Å². The van der Waals surface area contributed by atoms with E-state index in [-0.39, 0.29) is 11.9 Å². The molecule has 1 aliphatic heterocycles. The van der Waals surface area contributed by atoms with E-state index in [0.717, 1.165) is 25.9 Å². The molecule has 1 atom stereocenters. The molecule has 0 aliphatic carbocycles. The van der Waals surface area contributed by atoms with E-state index in [1.54, 1.807) is 10.7 Å². The van der Waals surface area contributed by atoms with Crippen LogP contribution in [0.2, 0.25) is 5.02 Å². The Morgan fingerprint density at radius 3 is 2.62 bits per heavy atom. The molecule has 0 bridgehead atoms. The zero-order valence-corrected chi connectivity index (χ0v) is 17.4. The van der Waals surface area contributed by atoms with E-state index in [4.69, 9.17) is 11.6 Å². The number of carbonyl (C=O) groups is 1. The van der Waals surface area contributed by atoms with E-state index in [1.165, 1.54) is 5.69 Å². The summed E-state index contributed by atoms with van der Waals surface area (Å²) in [5, 5.41) is 8.93. The molecule has 0 saturated carbocycles. The van der Waals surface area contributed by atoms with Crippen LogP contribution in [0.4, 0.5) is 5.69 Å². The van der Waals surface area contributed by atoms with Crippen molar-refractivity contribution < 1.29 is 4.79 Å². The number of benzene rings is 2. The van der Waals surface area contributed by atoms with Crippen LogP contribution in [-0.2, 0) is 0 Å². The third kappa shape index (κ3) is 3.85. The third-order valence-electron chi connectivity index (χ3n) is 5.56. The van der Waals surface area contributed by atoms with E-state index in [1.807, 2.05) is 55.3 Å². The monoisotopic (exact) mass is 409 g/mol. The molecule has 1 aromatic heterocycles. The maximum absolute atomic E-state index is 13.2. The van der Waals surface area contributed by atoms with Gasteiger partial charge in [-0.25, -0.2) is 4.68 Å². The Balaban J connectivity index is 1.53. The Morgan fingerprint density at radius 1 is 1.14 bits per heavy atom. The second kappa shape index (κ2) is 8.25. The predicted octanol–water partition coefficient (Wildman–Crippen LogP) is 3.97. The van der Waals surface area contributed by atoms with E-state index < -0.39 is 0 Å². The molecule has 6 nitrogen and oxygen atoms in total. The van der Waals surface area contributed by atoms with Crippen molar-refractivity contribution in [2.75, 3.05) is 25.0 Å². The molecule has 0 radical (unpaired) electrons. The van der Waals surface area contributed by atoms with Crippen LogP contribution in [0.1, 0.15) is 29.0 Å². The molecule has 0 N–H and O–H groups in total. The number of amides is 1.